The minimum absolute atomic E-state index is 1.18. The van der Waals surface area contributed by atoms with Gasteiger partial charge in [-0.2, -0.15) is 0 Å². The molecule has 0 bridgehead atoms. The van der Waals surface area contributed by atoms with Crippen molar-refractivity contribution >= 4 is 75.7 Å². The number of benzene rings is 9. The highest BCUT2D eigenvalue weighted by molar-refractivity contribution is 6.32. The summed E-state index contributed by atoms with van der Waals surface area (Å²) in [7, 11) is 0. The van der Waals surface area contributed by atoms with Gasteiger partial charge in [0, 0.05) is 16.5 Å². The first-order valence-corrected chi connectivity index (χ1v) is 15.6. The Hall–Kier alpha value is -5.92. The zero-order valence-corrected chi connectivity index (χ0v) is 24.5. The van der Waals surface area contributed by atoms with Crippen LogP contribution in [0.25, 0.3) is 92.5 Å². The van der Waals surface area contributed by atoms with Crippen molar-refractivity contribution in [3.63, 3.8) is 0 Å². The summed E-state index contributed by atoms with van der Waals surface area (Å²) >= 11 is 0. The summed E-state index contributed by atoms with van der Waals surface area (Å²) in [4.78, 5) is 0. The highest BCUT2D eigenvalue weighted by Gasteiger charge is 2.17. The Bertz CT molecular complexity index is 2760. The first-order valence-electron chi connectivity index (χ1n) is 15.6. The van der Waals surface area contributed by atoms with E-state index in [1.807, 2.05) is 0 Å². The minimum atomic E-state index is 1.18. The van der Waals surface area contributed by atoms with Crippen LogP contribution in [0.15, 0.2) is 164 Å². The maximum atomic E-state index is 2.41. The fraction of sp³-hybridized carbons (Fsp3) is 0. The Labute approximate surface area is 260 Å². The van der Waals surface area contributed by atoms with Gasteiger partial charge in [0.25, 0.3) is 0 Å². The highest BCUT2D eigenvalue weighted by atomic mass is 15.0. The van der Waals surface area contributed by atoms with E-state index in [2.05, 4.69) is 168 Å². The molecule has 0 fully saturated rings. The summed E-state index contributed by atoms with van der Waals surface area (Å²) < 4.78 is 2.41. The SMILES string of the molecule is c1ccc2c(-c3ccc4ccc(-n5c6ccccc6c6ccccc65)cc4c3)c3c4ccccc4c4ccccc4c3cc2c1. The van der Waals surface area contributed by atoms with Gasteiger partial charge in [-0.15, -0.1) is 0 Å². The predicted molar refractivity (Wildman–Crippen MR) is 194 cm³/mol. The Morgan fingerprint density at radius 3 is 1.56 bits per heavy atom. The molecule has 0 amide bonds. The zero-order chi connectivity index (χ0) is 29.5. The third-order valence-electron chi connectivity index (χ3n) is 9.70. The second kappa shape index (κ2) is 9.29. The van der Waals surface area contributed by atoms with Crippen molar-refractivity contribution in [3.05, 3.63) is 164 Å². The van der Waals surface area contributed by atoms with E-state index in [0.717, 1.165) is 0 Å². The van der Waals surface area contributed by atoms with Crippen LogP contribution in [-0.4, -0.2) is 4.57 Å². The van der Waals surface area contributed by atoms with Gasteiger partial charge in [-0.25, -0.2) is 0 Å². The number of fused-ring (bicyclic) bond motifs is 11. The monoisotopic (exact) mass is 569 g/mol. The van der Waals surface area contributed by atoms with Crippen molar-refractivity contribution in [1.82, 2.24) is 4.57 Å². The summed E-state index contributed by atoms with van der Waals surface area (Å²) in [5.41, 5.74) is 6.18. The first-order chi connectivity index (χ1) is 22.3. The van der Waals surface area contributed by atoms with Gasteiger partial charge in [0.15, 0.2) is 0 Å². The number of nitrogens with zero attached hydrogens (tertiary/aromatic N) is 1. The standard InChI is InChI=1S/C44H27N/c1-2-12-33-29(11-1)27-40-36-15-4-3-13-34(36)35-14-5-6-18-39(35)44(40)43(33)30-22-21-28-23-24-32(26-31(28)25-30)45-41-19-9-7-16-37(41)38-17-8-10-20-42(38)45/h1-27H. The maximum absolute atomic E-state index is 2.41. The smallest absolute Gasteiger partial charge is 0.0541 e. The molecule has 0 aliphatic heterocycles. The Balaban J connectivity index is 1.31. The quantitative estimate of drug-likeness (QED) is 0.144. The number of hydrogen-bond donors (Lipinski definition) is 0. The van der Waals surface area contributed by atoms with Crippen LogP contribution in [0.2, 0.25) is 0 Å². The van der Waals surface area contributed by atoms with E-state index in [4.69, 9.17) is 0 Å². The van der Waals surface area contributed by atoms with Crippen molar-refractivity contribution in [1.29, 1.82) is 0 Å². The molecule has 0 saturated carbocycles. The maximum Gasteiger partial charge on any atom is 0.0541 e. The van der Waals surface area contributed by atoms with Crippen molar-refractivity contribution in [2.75, 3.05) is 0 Å². The molecule has 9 aromatic carbocycles. The summed E-state index contributed by atoms with van der Waals surface area (Å²) in [6, 6.07) is 60.4. The molecule has 1 heterocycles. The Morgan fingerprint density at radius 1 is 0.311 bits per heavy atom. The molecule has 1 aromatic heterocycles. The van der Waals surface area contributed by atoms with Gasteiger partial charge < -0.3 is 4.57 Å². The average Bonchev–Trinajstić information content (AvgIpc) is 3.45. The Morgan fingerprint density at radius 2 is 0.844 bits per heavy atom. The van der Waals surface area contributed by atoms with E-state index in [9.17, 15) is 0 Å². The average molecular weight is 570 g/mol. The van der Waals surface area contributed by atoms with Crippen molar-refractivity contribution in [2.45, 2.75) is 0 Å². The van der Waals surface area contributed by atoms with Gasteiger partial charge >= 0.3 is 0 Å². The number of hydrogen-bond acceptors (Lipinski definition) is 0. The molecule has 208 valence electrons. The van der Waals surface area contributed by atoms with E-state index >= 15 is 0 Å². The lowest BCUT2D eigenvalue weighted by Gasteiger charge is -2.18. The third kappa shape index (κ3) is 3.50. The molecule has 0 radical (unpaired) electrons. The van der Waals surface area contributed by atoms with Crippen LogP contribution < -0.4 is 0 Å². The lowest BCUT2D eigenvalue weighted by molar-refractivity contribution is 1.19. The summed E-state index contributed by atoms with van der Waals surface area (Å²) in [6.07, 6.45) is 0. The predicted octanol–water partition coefficient (Wildman–Crippen LogP) is 12.2. The van der Waals surface area contributed by atoms with E-state index in [1.54, 1.807) is 0 Å². The summed E-state index contributed by atoms with van der Waals surface area (Å²) in [6.45, 7) is 0. The van der Waals surface area contributed by atoms with E-state index < -0.39 is 0 Å². The molecule has 45 heavy (non-hydrogen) atoms. The molecule has 0 N–H and O–H groups in total. The molecule has 10 aromatic rings. The van der Waals surface area contributed by atoms with Gasteiger partial charge in [-0.05, 0) is 101 Å². The van der Waals surface area contributed by atoms with Crippen LogP contribution in [0, 0.1) is 0 Å². The van der Waals surface area contributed by atoms with Crippen LogP contribution >= 0.6 is 0 Å². The lowest BCUT2D eigenvalue weighted by atomic mass is 9.86. The van der Waals surface area contributed by atoms with Crippen molar-refractivity contribution in [2.24, 2.45) is 0 Å². The number of rotatable bonds is 2. The minimum Gasteiger partial charge on any atom is -0.309 e. The van der Waals surface area contributed by atoms with E-state index in [-0.39, 0.29) is 0 Å². The zero-order valence-electron chi connectivity index (χ0n) is 24.5. The molecule has 1 nitrogen and oxygen atoms in total. The summed E-state index contributed by atoms with van der Waals surface area (Å²) in [5.74, 6) is 0. The van der Waals surface area contributed by atoms with Crippen LogP contribution in [-0.2, 0) is 0 Å². The van der Waals surface area contributed by atoms with Crippen LogP contribution in [0.1, 0.15) is 0 Å². The largest absolute Gasteiger partial charge is 0.309 e. The van der Waals surface area contributed by atoms with Crippen molar-refractivity contribution < 1.29 is 0 Å². The molecule has 0 saturated heterocycles. The molecule has 0 unspecified atom stereocenters. The van der Waals surface area contributed by atoms with Gasteiger partial charge in [-0.1, -0.05) is 127 Å². The molecular weight excluding hydrogens is 542 g/mol. The number of aromatic nitrogens is 1. The third-order valence-corrected chi connectivity index (χ3v) is 9.70. The molecule has 10 rings (SSSR count). The van der Waals surface area contributed by atoms with Gasteiger partial charge in [-0.3, -0.25) is 0 Å². The fourth-order valence-corrected chi connectivity index (χ4v) is 7.76. The van der Waals surface area contributed by atoms with Gasteiger partial charge in [0.1, 0.15) is 0 Å². The van der Waals surface area contributed by atoms with Gasteiger partial charge in [0.05, 0.1) is 11.0 Å². The highest BCUT2D eigenvalue weighted by Crippen LogP contribution is 2.44. The normalized spacial score (nSPS) is 12.0. The molecule has 0 aliphatic carbocycles. The molecule has 0 atom stereocenters. The Kier molecular flexibility index (Phi) is 5.06. The van der Waals surface area contributed by atoms with E-state index in [1.165, 1.54) is 92.5 Å². The number of para-hydroxylation sites is 2. The topological polar surface area (TPSA) is 4.93 Å². The van der Waals surface area contributed by atoms with Crippen LogP contribution in [0.4, 0.5) is 0 Å². The molecular formula is C44H27N. The van der Waals surface area contributed by atoms with Crippen LogP contribution in [0.3, 0.4) is 0 Å². The molecule has 0 aliphatic rings. The first kappa shape index (κ1) is 24.5. The molecule has 1 heteroatoms. The second-order valence-electron chi connectivity index (χ2n) is 12.1. The van der Waals surface area contributed by atoms with Crippen molar-refractivity contribution in [3.8, 4) is 16.8 Å². The summed E-state index contributed by atoms with van der Waals surface area (Å²) in [5, 5.41) is 15.4. The second-order valence-corrected chi connectivity index (χ2v) is 12.1. The molecule has 0 spiro atoms. The van der Waals surface area contributed by atoms with Crippen LogP contribution in [0.5, 0.6) is 0 Å². The lowest BCUT2D eigenvalue weighted by Crippen LogP contribution is -1.94. The van der Waals surface area contributed by atoms with Gasteiger partial charge in [0.2, 0.25) is 0 Å². The van der Waals surface area contributed by atoms with E-state index in [0.29, 0.717) is 0 Å². The fourth-order valence-electron chi connectivity index (χ4n) is 7.76.